The molecule has 0 aromatic heterocycles. The summed E-state index contributed by atoms with van der Waals surface area (Å²) in [6.45, 7) is 0. The Morgan fingerprint density at radius 1 is 1.21 bits per heavy atom. The van der Waals surface area contributed by atoms with Crippen LogP contribution in [0, 0.1) is 5.92 Å². The number of hydrogen-bond acceptors (Lipinski definition) is 2. The van der Waals surface area contributed by atoms with Crippen molar-refractivity contribution in [2.24, 2.45) is 5.92 Å². The molecular weight excluding hydrogens is 328 g/mol. The highest BCUT2D eigenvalue weighted by Gasteiger charge is 2.44. The Bertz CT molecular complexity index is 622. The first-order valence-corrected chi connectivity index (χ1v) is 8.89. The third-order valence-electron chi connectivity index (χ3n) is 5.08. The Labute approximate surface area is 146 Å². The minimum Gasteiger partial charge on any atom is -0.481 e. The van der Waals surface area contributed by atoms with Crippen LogP contribution in [0.25, 0.3) is 0 Å². The van der Waals surface area contributed by atoms with Gasteiger partial charge >= 0.3 is 12.0 Å². The molecule has 2 saturated carbocycles. The van der Waals surface area contributed by atoms with Gasteiger partial charge in [0.05, 0.1) is 5.92 Å². The second-order valence-corrected chi connectivity index (χ2v) is 7.51. The van der Waals surface area contributed by atoms with Gasteiger partial charge in [0.15, 0.2) is 0 Å². The number of halogens is 1. The van der Waals surface area contributed by atoms with Crippen molar-refractivity contribution in [1.82, 2.24) is 10.6 Å². The zero-order valence-corrected chi connectivity index (χ0v) is 14.3. The molecule has 130 valence electrons. The number of nitrogens with one attached hydrogen (secondary N) is 2. The van der Waals surface area contributed by atoms with Crippen LogP contribution in [0.4, 0.5) is 4.79 Å². The lowest BCUT2D eigenvalue weighted by Crippen LogP contribution is -2.49. The van der Waals surface area contributed by atoms with Gasteiger partial charge in [-0.2, -0.15) is 0 Å². The minimum atomic E-state index is -0.726. The largest absolute Gasteiger partial charge is 0.481 e. The lowest BCUT2D eigenvalue weighted by atomic mass is 9.86. The van der Waals surface area contributed by atoms with Gasteiger partial charge in [-0.25, -0.2) is 4.79 Å². The molecule has 0 saturated heterocycles. The topological polar surface area (TPSA) is 78.4 Å². The number of aliphatic carboxylic acids is 1. The first-order chi connectivity index (χ1) is 11.5. The van der Waals surface area contributed by atoms with Gasteiger partial charge in [0.2, 0.25) is 0 Å². The number of amides is 2. The van der Waals surface area contributed by atoms with Crippen molar-refractivity contribution in [2.75, 3.05) is 0 Å². The normalized spacial score (nSPS) is 24.9. The molecule has 1 aromatic carbocycles. The van der Waals surface area contributed by atoms with E-state index in [1.807, 2.05) is 24.3 Å². The highest BCUT2D eigenvalue weighted by Crippen LogP contribution is 2.39. The fraction of sp³-hybridized carbons (Fsp3) is 0.556. The summed E-state index contributed by atoms with van der Waals surface area (Å²) in [5.74, 6) is -0.986. The third kappa shape index (κ3) is 4.41. The second kappa shape index (κ2) is 7.01. The zero-order chi connectivity index (χ0) is 17.2. The molecule has 24 heavy (non-hydrogen) atoms. The number of hydrogen-bond donors (Lipinski definition) is 3. The van der Waals surface area contributed by atoms with Crippen LogP contribution in [0.3, 0.4) is 0 Å². The van der Waals surface area contributed by atoms with E-state index in [1.165, 1.54) is 0 Å². The molecular formula is C18H23ClN2O3. The Morgan fingerprint density at radius 2 is 1.92 bits per heavy atom. The van der Waals surface area contributed by atoms with Crippen LogP contribution >= 0.6 is 11.6 Å². The van der Waals surface area contributed by atoms with Gasteiger partial charge < -0.3 is 15.7 Å². The van der Waals surface area contributed by atoms with Crippen molar-refractivity contribution in [3.63, 3.8) is 0 Å². The molecule has 2 fully saturated rings. The Balaban J connectivity index is 1.47. The molecule has 1 aromatic rings. The molecule has 3 rings (SSSR count). The van der Waals surface area contributed by atoms with Crippen molar-refractivity contribution in [1.29, 1.82) is 0 Å². The van der Waals surface area contributed by atoms with Crippen molar-refractivity contribution >= 4 is 23.6 Å². The summed E-state index contributed by atoms with van der Waals surface area (Å²) in [5.41, 5.74) is 0.967. The smallest absolute Gasteiger partial charge is 0.315 e. The summed E-state index contributed by atoms with van der Waals surface area (Å²) in [6, 6.07) is 7.66. The molecule has 5 nitrogen and oxygen atoms in total. The molecule has 2 aliphatic carbocycles. The first kappa shape index (κ1) is 17.1. The molecule has 0 atom stereocenters. The van der Waals surface area contributed by atoms with Gasteiger partial charge in [-0.3, -0.25) is 4.79 Å². The van der Waals surface area contributed by atoms with Crippen LogP contribution in [0.1, 0.15) is 44.1 Å². The first-order valence-electron chi connectivity index (χ1n) is 8.52. The maximum Gasteiger partial charge on any atom is 0.315 e. The fourth-order valence-electron chi connectivity index (χ4n) is 3.48. The number of carbonyl (C=O) groups excluding carboxylic acids is 1. The highest BCUT2D eigenvalue weighted by atomic mass is 35.5. The molecule has 0 spiro atoms. The molecule has 0 aliphatic heterocycles. The van der Waals surface area contributed by atoms with Gasteiger partial charge in [-0.1, -0.05) is 23.7 Å². The molecule has 0 bridgehead atoms. The lowest BCUT2D eigenvalue weighted by Gasteiger charge is -2.28. The third-order valence-corrected chi connectivity index (χ3v) is 5.31. The van der Waals surface area contributed by atoms with Crippen LogP contribution in [0.2, 0.25) is 5.02 Å². The number of urea groups is 1. The fourth-order valence-corrected chi connectivity index (χ4v) is 3.69. The summed E-state index contributed by atoms with van der Waals surface area (Å²) < 4.78 is 0. The summed E-state index contributed by atoms with van der Waals surface area (Å²) >= 11 is 6.02. The Kier molecular flexibility index (Phi) is 4.99. The summed E-state index contributed by atoms with van der Waals surface area (Å²) in [4.78, 5) is 23.2. The van der Waals surface area contributed by atoms with Gasteiger partial charge in [-0.15, -0.1) is 0 Å². The average molecular weight is 351 g/mol. The minimum absolute atomic E-state index is 0.0718. The summed E-state index contributed by atoms with van der Waals surface area (Å²) in [6.07, 6.45) is 5.45. The van der Waals surface area contributed by atoms with Crippen LogP contribution in [0.5, 0.6) is 0 Å². The van der Waals surface area contributed by atoms with Gasteiger partial charge in [0.25, 0.3) is 0 Å². The van der Waals surface area contributed by atoms with Gasteiger partial charge in [-0.05, 0) is 62.6 Å². The molecule has 3 N–H and O–H groups in total. The molecule has 0 radical (unpaired) electrons. The molecule has 0 heterocycles. The van der Waals surface area contributed by atoms with Crippen molar-refractivity contribution in [3.8, 4) is 0 Å². The SMILES string of the molecule is O=C(NC1CCC(C(=O)O)CC1)NC1(Cc2cccc(Cl)c2)CC1. The molecule has 2 amide bonds. The van der Waals surface area contributed by atoms with Crippen LogP contribution in [-0.2, 0) is 11.2 Å². The number of carbonyl (C=O) groups is 2. The number of benzene rings is 1. The predicted molar refractivity (Wildman–Crippen MR) is 92.2 cm³/mol. The Morgan fingerprint density at radius 3 is 2.50 bits per heavy atom. The zero-order valence-electron chi connectivity index (χ0n) is 13.6. The monoisotopic (exact) mass is 350 g/mol. The van der Waals surface area contributed by atoms with E-state index in [4.69, 9.17) is 16.7 Å². The van der Waals surface area contributed by atoms with Crippen LogP contribution in [0.15, 0.2) is 24.3 Å². The van der Waals surface area contributed by atoms with Gasteiger partial charge in [0.1, 0.15) is 0 Å². The maximum atomic E-state index is 12.3. The van der Waals surface area contributed by atoms with E-state index in [0.717, 1.165) is 37.7 Å². The van der Waals surface area contributed by atoms with E-state index in [-0.39, 0.29) is 23.5 Å². The summed E-state index contributed by atoms with van der Waals surface area (Å²) in [7, 11) is 0. The van der Waals surface area contributed by atoms with E-state index < -0.39 is 5.97 Å². The quantitative estimate of drug-likeness (QED) is 0.762. The van der Waals surface area contributed by atoms with E-state index in [0.29, 0.717) is 17.9 Å². The number of rotatable bonds is 5. The highest BCUT2D eigenvalue weighted by molar-refractivity contribution is 6.30. The average Bonchev–Trinajstić information content (AvgIpc) is 3.26. The predicted octanol–water partition coefficient (Wildman–Crippen LogP) is 3.36. The molecule has 0 unspecified atom stereocenters. The lowest BCUT2D eigenvalue weighted by molar-refractivity contribution is -0.142. The van der Waals surface area contributed by atoms with E-state index in [9.17, 15) is 9.59 Å². The van der Waals surface area contributed by atoms with E-state index >= 15 is 0 Å². The summed E-state index contributed by atoms with van der Waals surface area (Å²) in [5, 5.41) is 15.8. The van der Waals surface area contributed by atoms with E-state index in [1.54, 1.807) is 0 Å². The second-order valence-electron chi connectivity index (χ2n) is 7.07. The van der Waals surface area contributed by atoms with Crippen molar-refractivity contribution in [3.05, 3.63) is 34.9 Å². The molecule has 2 aliphatic rings. The molecule has 6 heteroatoms. The van der Waals surface area contributed by atoms with E-state index in [2.05, 4.69) is 10.6 Å². The number of carboxylic acid groups (broad SMARTS) is 1. The number of carboxylic acids is 1. The van der Waals surface area contributed by atoms with Gasteiger partial charge in [0, 0.05) is 16.6 Å². The Hall–Kier alpha value is -1.75. The van der Waals surface area contributed by atoms with Crippen LogP contribution < -0.4 is 10.6 Å². The van der Waals surface area contributed by atoms with Crippen molar-refractivity contribution in [2.45, 2.75) is 56.5 Å². The maximum absolute atomic E-state index is 12.3. The van der Waals surface area contributed by atoms with Crippen molar-refractivity contribution < 1.29 is 14.7 Å². The standard InChI is InChI=1S/C18H23ClN2O3/c19-14-3-1-2-12(10-14)11-18(8-9-18)21-17(24)20-15-6-4-13(5-7-15)16(22)23/h1-3,10,13,15H,4-9,11H2,(H,22,23)(H2,20,21,24). The van der Waals surface area contributed by atoms with Crippen LogP contribution in [-0.4, -0.2) is 28.7 Å².